The quantitative estimate of drug-likeness (QED) is 0.207. The predicted molar refractivity (Wildman–Crippen MR) is 164 cm³/mol. The molecule has 224 valence electrons. The molecular weight excluding hydrogens is 554 g/mol. The standard InChI is InChI=1S/C32H39N3O6S/c1-25(18-20-34(32(38)39)23-28-13-7-4-8-14-28)21-31(37)35(19-10-15-27-11-5-3-6-12-27)24-42(40,41)33-30-17-9-16-29(22-30)26(2)36/h3-9,11-14,16-17,22,25,33H,10,15,18-21,23-24H2,1-2H3,(H,38,39). The number of carbonyl (C=O) groups is 3. The van der Waals surface area contributed by atoms with Gasteiger partial charge in [-0.3, -0.25) is 14.3 Å². The van der Waals surface area contributed by atoms with Gasteiger partial charge < -0.3 is 14.9 Å². The minimum absolute atomic E-state index is 0.0828. The van der Waals surface area contributed by atoms with Crippen LogP contribution in [0.3, 0.4) is 0 Å². The highest BCUT2D eigenvalue weighted by Crippen LogP contribution is 2.17. The number of hydrogen-bond acceptors (Lipinski definition) is 5. The van der Waals surface area contributed by atoms with Crippen LogP contribution >= 0.6 is 0 Å². The molecule has 0 bridgehead atoms. The van der Waals surface area contributed by atoms with E-state index in [1.54, 1.807) is 18.2 Å². The number of amides is 2. The molecule has 0 radical (unpaired) electrons. The smallest absolute Gasteiger partial charge is 0.407 e. The molecule has 0 aliphatic rings. The molecule has 2 N–H and O–H groups in total. The first-order valence-electron chi connectivity index (χ1n) is 14.0. The zero-order valence-corrected chi connectivity index (χ0v) is 24.9. The average Bonchev–Trinajstić information content (AvgIpc) is 2.95. The summed E-state index contributed by atoms with van der Waals surface area (Å²) in [5.41, 5.74) is 2.59. The number of hydrogen-bond donors (Lipinski definition) is 2. The summed E-state index contributed by atoms with van der Waals surface area (Å²) in [6, 6.07) is 25.3. The molecule has 3 aromatic rings. The molecule has 3 rings (SSSR count). The maximum atomic E-state index is 13.4. The second-order valence-corrected chi connectivity index (χ2v) is 12.2. The second kappa shape index (κ2) is 15.7. The first-order valence-corrected chi connectivity index (χ1v) is 15.6. The number of aryl methyl sites for hydroxylation is 1. The van der Waals surface area contributed by atoms with Crippen molar-refractivity contribution in [3.8, 4) is 0 Å². The fourth-order valence-corrected chi connectivity index (χ4v) is 5.78. The minimum atomic E-state index is -3.97. The summed E-state index contributed by atoms with van der Waals surface area (Å²) in [4.78, 5) is 39.6. The van der Waals surface area contributed by atoms with Crippen LogP contribution < -0.4 is 4.72 Å². The summed E-state index contributed by atoms with van der Waals surface area (Å²) in [6.45, 7) is 4.00. The number of carboxylic acid groups (broad SMARTS) is 1. The van der Waals surface area contributed by atoms with Gasteiger partial charge in [-0.1, -0.05) is 79.7 Å². The maximum Gasteiger partial charge on any atom is 0.407 e. The van der Waals surface area contributed by atoms with Gasteiger partial charge in [0.2, 0.25) is 5.91 Å². The molecule has 0 saturated heterocycles. The number of nitrogens with zero attached hydrogens (tertiary/aromatic N) is 2. The van der Waals surface area contributed by atoms with E-state index in [1.807, 2.05) is 67.6 Å². The van der Waals surface area contributed by atoms with Gasteiger partial charge in [-0.2, -0.15) is 0 Å². The normalized spacial score (nSPS) is 11.9. The summed E-state index contributed by atoms with van der Waals surface area (Å²) >= 11 is 0. The lowest BCUT2D eigenvalue weighted by molar-refractivity contribution is -0.131. The lowest BCUT2D eigenvalue weighted by Crippen LogP contribution is -2.39. The van der Waals surface area contributed by atoms with Crippen molar-refractivity contribution in [2.75, 3.05) is 23.7 Å². The molecule has 0 spiro atoms. The Bertz CT molecular complexity index is 1430. The van der Waals surface area contributed by atoms with Crippen LogP contribution in [0, 0.1) is 5.92 Å². The van der Waals surface area contributed by atoms with E-state index >= 15 is 0 Å². The Labute approximate surface area is 248 Å². The molecule has 10 heteroatoms. The fraction of sp³-hybridized carbons (Fsp3) is 0.344. The van der Waals surface area contributed by atoms with E-state index in [2.05, 4.69) is 4.72 Å². The average molecular weight is 594 g/mol. The Morgan fingerprint density at radius 2 is 1.50 bits per heavy atom. The molecule has 3 aromatic carbocycles. The van der Waals surface area contributed by atoms with Gasteiger partial charge in [0.05, 0.1) is 0 Å². The Kier molecular flexibility index (Phi) is 12.1. The fourth-order valence-electron chi connectivity index (χ4n) is 4.55. The number of benzene rings is 3. The minimum Gasteiger partial charge on any atom is -0.465 e. The monoisotopic (exact) mass is 593 g/mol. The number of carbonyl (C=O) groups excluding carboxylic acids is 2. The highest BCUT2D eigenvalue weighted by molar-refractivity contribution is 7.92. The number of sulfonamides is 1. The molecule has 1 atom stereocenters. The Morgan fingerprint density at radius 3 is 2.12 bits per heavy atom. The summed E-state index contributed by atoms with van der Waals surface area (Å²) < 4.78 is 28.7. The summed E-state index contributed by atoms with van der Waals surface area (Å²) in [5.74, 6) is -1.21. The van der Waals surface area contributed by atoms with Crippen molar-refractivity contribution in [2.45, 2.75) is 46.1 Å². The number of rotatable bonds is 16. The lowest BCUT2D eigenvalue weighted by Gasteiger charge is -2.26. The molecule has 0 heterocycles. The van der Waals surface area contributed by atoms with E-state index in [4.69, 9.17) is 0 Å². The van der Waals surface area contributed by atoms with Crippen LogP contribution in [0.2, 0.25) is 0 Å². The molecule has 2 amide bonds. The van der Waals surface area contributed by atoms with Gasteiger partial charge in [0.15, 0.2) is 5.78 Å². The number of anilines is 1. The number of nitrogens with one attached hydrogen (secondary N) is 1. The van der Waals surface area contributed by atoms with Gasteiger partial charge in [-0.25, -0.2) is 13.2 Å². The second-order valence-electron chi connectivity index (χ2n) is 10.5. The zero-order chi connectivity index (χ0) is 30.5. The molecular formula is C32H39N3O6S. The lowest BCUT2D eigenvalue weighted by atomic mass is 10.0. The van der Waals surface area contributed by atoms with Gasteiger partial charge in [0, 0.05) is 37.3 Å². The molecule has 1 unspecified atom stereocenters. The van der Waals surface area contributed by atoms with Crippen molar-refractivity contribution in [3.05, 3.63) is 102 Å². The van der Waals surface area contributed by atoms with Crippen molar-refractivity contribution in [1.82, 2.24) is 9.80 Å². The van der Waals surface area contributed by atoms with Crippen molar-refractivity contribution >= 4 is 33.5 Å². The first kappa shape index (κ1) is 32.3. The first-order chi connectivity index (χ1) is 20.0. The van der Waals surface area contributed by atoms with Gasteiger partial charge in [0.1, 0.15) is 5.88 Å². The third-order valence-electron chi connectivity index (χ3n) is 6.86. The van der Waals surface area contributed by atoms with Crippen LogP contribution in [-0.2, 0) is 27.8 Å². The number of ketones is 1. The van der Waals surface area contributed by atoms with Crippen LogP contribution in [0.15, 0.2) is 84.9 Å². The highest BCUT2D eigenvalue weighted by Gasteiger charge is 2.24. The van der Waals surface area contributed by atoms with Crippen molar-refractivity contribution in [1.29, 1.82) is 0 Å². The third kappa shape index (κ3) is 11.0. The highest BCUT2D eigenvalue weighted by atomic mass is 32.2. The summed E-state index contributed by atoms with van der Waals surface area (Å²) in [5, 5.41) is 9.66. The van der Waals surface area contributed by atoms with E-state index in [0.717, 1.165) is 11.1 Å². The molecule has 0 aromatic heterocycles. The van der Waals surface area contributed by atoms with Gasteiger partial charge in [-0.15, -0.1) is 0 Å². The van der Waals surface area contributed by atoms with Crippen molar-refractivity contribution in [3.63, 3.8) is 0 Å². The third-order valence-corrected chi connectivity index (χ3v) is 8.06. The summed E-state index contributed by atoms with van der Waals surface area (Å²) in [7, 11) is -3.97. The Balaban J connectivity index is 1.65. The zero-order valence-electron chi connectivity index (χ0n) is 24.1. The van der Waals surface area contributed by atoms with Crippen molar-refractivity contribution < 1.29 is 27.9 Å². The van der Waals surface area contributed by atoms with Crippen LogP contribution in [0.1, 0.15) is 54.6 Å². The van der Waals surface area contributed by atoms with Crippen molar-refractivity contribution in [2.24, 2.45) is 5.92 Å². The van der Waals surface area contributed by atoms with Crippen LogP contribution in [-0.4, -0.2) is 60.1 Å². The number of Topliss-reactive ketones (excluding diaryl/α,β-unsaturated/α-hetero) is 1. The van der Waals surface area contributed by atoms with Crippen LogP contribution in [0.5, 0.6) is 0 Å². The van der Waals surface area contributed by atoms with Crippen LogP contribution in [0.4, 0.5) is 10.5 Å². The van der Waals surface area contributed by atoms with Gasteiger partial charge in [0.25, 0.3) is 10.0 Å². The van der Waals surface area contributed by atoms with E-state index in [-0.39, 0.29) is 49.4 Å². The molecule has 0 saturated carbocycles. The predicted octanol–water partition coefficient (Wildman–Crippen LogP) is 5.65. The Hall–Kier alpha value is -4.18. The van der Waals surface area contributed by atoms with Gasteiger partial charge >= 0.3 is 6.09 Å². The maximum absolute atomic E-state index is 13.4. The van der Waals surface area contributed by atoms with E-state index in [0.29, 0.717) is 24.8 Å². The summed E-state index contributed by atoms with van der Waals surface area (Å²) in [6.07, 6.45) is 0.751. The topological polar surface area (TPSA) is 124 Å². The largest absolute Gasteiger partial charge is 0.465 e. The molecule has 0 aliphatic carbocycles. The molecule has 9 nitrogen and oxygen atoms in total. The van der Waals surface area contributed by atoms with Crippen LogP contribution in [0.25, 0.3) is 0 Å². The van der Waals surface area contributed by atoms with E-state index in [9.17, 15) is 27.9 Å². The molecule has 0 aliphatic heterocycles. The van der Waals surface area contributed by atoms with E-state index < -0.39 is 22.0 Å². The molecule has 0 fully saturated rings. The van der Waals surface area contributed by atoms with E-state index in [1.165, 1.54) is 22.8 Å². The van der Waals surface area contributed by atoms with Gasteiger partial charge in [-0.05, 0) is 55.4 Å². The SMILES string of the molecule is CC(=O)c1cccc(NS(=O)(=O)CN(CCCc2ccccc2)C(=O)CC(C)CCN(Cc2ccccc2)C(=O)O)c1. The Morgan fingerprint density at radius 1 is 0.857 bits per heavy atom. The molecule has 42 heavy (non-hydrogen) atoms.